The number of halogens is 1. The van der Waals surface area contributed by atoms with Crippen LogP contribution in [0.2, 0.25) is 0 Å². The predicted octanol–water partition coefficient (Wildman–Crippen LogP) is 4.08. The van der Waals surface area contributed by atoms with Crippen molar-refractivity contribution < 1.29 is 13.7 Å². The van der Waals surface area contributed by atoms with Gasteiger partial charge in [0, 0.05) is 5.75 Å². The van der Waals surface area contributed by atoms with Gasteiger partial charge in [0.2, 0.25) is 0 Å². The predicted molar refractivity (Wildman–Crippen MR) is 89.0 cm³/mol. The Balaban J connectivity index is 2.28. The second-order valence-electron chi connectivity index (χ2n) is 6.47. The Morgan fingerprint density at radius 2 is 1.81 bits per heavy atom. The van der Waals surface area contributed by atoms with Crippen LogP contribution < -0.4 is 0 Å². The lowest BCUT2D eigenvalue weighted by molar-refractivity contribution is 0.00578. The molecule has 0 radical (unpaired) electrons. The van der Waals surface area contributed by atoms with E-state index in [1.54, 1.807) is 13.0 Å². The highest BCUT2D eigenvalue weighted by Crippen LogP contribution is 2.39. The van der Waals surface area contributed by atoms with Crippen molar-refractivity contribution in [1.29, 1.82) is 0 Å². The summed E-state index contributed by atoms with van der Waals surface area (Å²) in [4.78, 5) is 0. The van der Waals surface area contributed by atoms with Crippen molar-refractivity contribution in [3.8, 4) is 0 Å². The molecular formula is C16H22BFO2S. The Morgan fingerprint density at radius 1 is 1.24 bits per heavy atom. The second-order valence-corrected chi connectivity index (χ2v) is 6.79. The molecule has 0 atom stereocenters. The number of rotatable bonds is 3. The van der Waals surface area contributed by atoms with E-state index in [1.807, 2.05) is 39.8 Å². The Kier molecular flexibility index (Phi) is 4.57. The van der Waals surface area contributed by atoms with Crippen molar-refractivity contribution in [3.63, 3.8) is 0 Å². The van der Waals surface area contributed by atoms with E-state index >= 15 is 0 Å². The molecule has 1 aliphatic rings. The highest BCUT2D eigenvalue weighted by atomic mass is 32.1. The minimum atomic E-state index is -0.419. The van der Waals surface area contributed by atoms with Gasteiger partial charge in [-0.3, -0.25) is 0 Å². The van der Waals surface area contributed by atoms with Crippen LogP contribution in [0.3, 0.4) is 0 Å². The molecule has 0 aromatic heterocycles. The third-order valence-electron chi connectivity index (χ3n) is 4.27. The van der Waals surface area contributed by atoms with E-state index in [0.29, 0.717) is 11.3 Å². The van der Waals surface area contributed by atoms with Crippen LogP contribution in [0.4, 0.5) is 4.39 Å². The third kappa shape index (κ3) is 3.36. The molecule has 1 saturated heterocycles. The number of benzene rings is 1. The largest absolute Gasteiger partial charge is 0.491 e. The van der Waals surface area contributed by atoms with Crippen LogP contribution in [-0.4, -0.2) is 24.1 Å². The molecule has 1 heterocycles. The average Bonchev–Trinajstić information content (AvgIpc) is 2.59. The van der Waals surface area contributed by atoms with Crippen LogP contribution >= 0.6 is 12.6 Å². The molecule has 21 heavy (non-hydrogen) atoms. The van der Waals surface area contributed by atoms with Gasteiger partial charge in [-0.15, -0.1) is 0 Å². The van der Waals surface area contributed by atoms with Gasteiger partial charge < -0.3 is 9.31 Å². The smallest absolute Gasteiger partial charge is 0.400 e. The molecule has 1 aromatic rings. The number of aryl methyl sites for hydroxylation is 1. The standard InChI is InChI=1S/C16H22BFO2S/c1-11-8-12(6-7-14(11)18)9-13(10-21)17-19-15(2,3)16(4,5)20-17/h6-9,21H,10H2,1-5H3. The van der Waals surface area contributed by atoms with Gasteiger partial charge in [0.25, 0.3) is 0 Å². The van der Waals surface area contributed by atoms with Gasteiger partial charge in [0.05, 0.1) is 11.2 Å². The van der Waals surface area contributed by atoms with E-state index in [1.165, 1.54) is 6.07 Å². The zero-order valence-electron chi connectivity index (χ0n) is 13.2. The van der Waals surface area contributed by atoms with Crippen molar-refractivity contribution in [2.45, 2.75) is 45.8 Å². The Hall–Kier alpha value is -0.775. The molecule has 0 amide bonds. The van der Waals surface area contributed by atoms with Crippen molar-refractivity contribution in [1.82, 2.24) is 0 Å². The minimum Gasteiger partial charge on any atom is -0.400 e. The van der Waals surface area contributed by atoms with E-state index in [0.717, 1.165) is 11.0 Å². The Bertz CT molecular complexity index is 553. The monoisotopic (exact) mass is 308 g/mol. The molecule has 0 unspecified atom stereocenters. The van der Waals surface area contributed by atoms with E-state index in [9.17, 15) is 4.39 Å². The molecule has 2 nitrogen and oxygen atoms in total. The summed E-state index contributed by atoms with van der Waals surface area (Å²) < 4.78 is 25.4. The quantitative estimate of drug-likeness (QED) is 0.670. The Morgan fingerprint density at radius 3 is 2.29 bits per heavy atom. The molecule has 114 valence electrons. The normalized spacial score (nSPS) is 20.9. The summed E-state index contributed by atoms with van der Waals surface area (Å²) in [6, 6.07) is 5.03. The van der Waals surface area contributed by atoms with Crippen LogP contribution in [0.1, 0.15) is 38.8 Å². The minimum absolute atomic E-state index is 0.199. The van der Waals surface area contributed by atoms with Crippen LogP contribution in [0.5, 0.6) is 0 Å². The number of hydrogen-bond acceptors (Lipinski definition) is 3. The van der Waals surface area contributed by atoms with Gasteiger partial charge in [-0.1, -0.05) is 12.1 Å². The van der Waals surface area contributed by atoms with Gasteiger partial charge in [-0.25, -0.2) is 4.39 Å². The van der Waals surface area contributed by atoms with E-state index in [2.05, 4.69) is 12.6 Å². The fourth-order valence-electron chi connectivity index (χ4n) is 2.15. The summed E-state index contributed by atoms with van der Waals surface area (Å²) >= 11 is 4.38. The average molecular weight is 308 g/mol. The molecular weight excluding hydrogens is 286 g/mol. The van der Waals surface area contributed by atoms with Crippen LogP contribution in [0, 0.1) is 12.7 Å². The molecule has 2 rings (SSSR count). The Labute approximate surface area is 132 Å². The first kappa shape index (κ1) is 16.6. The van der Waals surface area contributed by atoms with E-state index in [-0.39, 0.29) is 17.0 Å². The first-order chi connectivity index (χ1) is 9.66. The maximum absolute atomic E-state index is 13.3. The van der Waals surface area contributed by atoms with Crippen molar-refractivity contribution in [2.24, 2.45) is 0 Å². The highest BCUT2D eigenvalue weighted by Gasteiger charge is 2.52. The summed E-state index contributed by atoms with van der Waals surface area (Å²) in [7, 11) is -0.419. The third-order valence-corrected chi connectivity index (χ3v) is 4.64. The summed E-state index contributed by atoms with van der Waals surface area (Å²) in [5.74, 6) is 0.322. The van der Waals surface area contributed by atoms with Gasteiger partial charge >= 0.3 is 7.12 Å². The molecule has 5 heteroatoms. The van der Waals surface area contributed by atoms with Gasteiger partial charge in [-0.05, 0) is 63.4 Å². The van der Waals surface area contributed by atoms with E-state index in [4.69, 9.17) is 9.31 Å². The number of hydrogen-bond donors (Lipinski definition) is 1. The van der Waals surface area contributed by atoms with Gasteiger partial charge in [-0.2, -0.15) is 12.6 Å². The molecule has 0 bridgehead atoms. The van der Waals surface area contributed by atoms with Crippen molar-refractivity contribution in [3.05, 3.63) is 40.6 Å². The molecule has 1 aromatic carbocycles. The SMILES string of the molecule is Cc1cc(C=C(CS)B2OC(C)(C)C(C)(C)O2)ccc1F. The first-order valence-electron chi connectivity index (χ1n) is 7.09. The summed E-state index contributed by atoms with van der Waals surface area (Å²) in [5, 5.41) is 0. The molecule has 0 aliphatic carbocycles. The van der Waals surface area contributed by atoms with Crippen LogP contribution in [-0.2, 0) is 9.31 Å². The fourth-order valence-corrected chi connectivity index (χ4v) is 2.39. The molecule has 1 fully saturated rings. The summed E-state index contributed by atoms with van der Waals surface area (Å²) in [6.07, 6.45) is 1.96. The van der Waals surface area contributed by atoms with Crippen molar-refractivity contribution >= 4 is 25.8 Å². The highest BCUT2D eigenvalue weighted by molar-refractivity contribution is 7.80. The lowest BCUT2D eigenvalue weighted by Crippen LogP contribution is -2.41. The maximum Gasteiger partial charge on any atom is 0.491 e. The maximum atomic E-state index is 13.3. The summed E-state index contributed by atoms with van der Waals surface area (Å²) in [6.45, 7) is 9.83. The molecule has 0 N–H and O–H groups in total. The molecule has 0 spiro atoms. The first-order valence-corrected chi connectivity index (χ1v) is 7.72. The number of thiol groups is 1. The lowest BCUT2D eigenvalue weighted by Gasteiger charge is -2.32. The fraction of sp³-hybridized carbons (Fsp3) is 0.500. The molecule has 0 saturated carbocycles. The zero-order chi connectivity index (χ0) is 15.8. The van der Waals surface area contributed by atoms with Crippen LogP contribution in [0.25, 0.3) is 6.08 Å². The summed E-state index contributed by atoms with van der Waals surface area (Å²) in [5.41, 5.74) is 1.73. The second kappa shape index (κ2) is 5.78. The van der Waals surface area contributed by atoms with Crippen LogP contribution in [0.15, 0.2) is 23.7 Å². The lowest BCUT2D eigenvalue weighted by atomic mass is 9.78. The van der Waals surface area contributed by atoms with Crippen molar-refractivity contribution in [2.75, 3.05) is 5.75 Å². The molecule has 1 aliphatic heterocycles. The topological polar surface area (TPSA) is 18.5 Å². The van der Waals surface area contributed by atoms with Gasteiger partial charge in [0.15, 0.2) is 0 Å². The zero-order valence-corrected chi connectivity index (χ0v) is 14.1. The van der Waals surface area contributed by atoms with E-state index < -0.39 is 7.12 Å². The van der Waals surface area contributed by atoms with Gasteiger partial charge in [0.1, 0.15) is 5.82 Å².